The van der Waals surface area contributed by atoms with E-state index in [9.17, 15) is 14.4 Å². The van der Waals surface area contributed by atoms with Crippen molar-refractivity contribution in [3.05, 3.63) is 64.7 Å². The highest BCUT2D eigenvalue weighted by atomic mass is 16.5. The van der Waals surface area contributed by atoms with Crippen LogP contribution in [-0.4, -0.2) is 49.0 Å². The van der Waals surface area contributed by atoms with Crippen molar-refractivity contribution in [2.45, 2.75) is 39.2 Å². The molecule has 0 spiro atoms. The van der Waals surface area contributed by atoms with Crippen LogP contribution >= 0.6 is 0 Å². The fraction of sp³-hybridized carbons (Fsp3) is 0.360. The Labute approximate surface area is 188 Å². The molecule has 0 fully saturated rings. The summed E-state index contributed by atoms with van der Waals surface area (Å²) < 4.78 is 5.36. The Morgan fingerprint density at radius 1 is 1.03 bits per heavy atom. The van der Waals surface area contributed by atoms with Crippen molar-refractivity contribution in [3.63, 3.8) is 0 Å². The van der Waals surface area contributed by atoms with Gasteiger partial charge in [-0.3, -0.25) is 19.4 Å². The summed E-state index contributed by atoms with van der Waals surface area (Å²) in [6, 6.07) is 12.5. The maximum atomic E-state index is 13.1. The molecule has 0 aromatic heterocycles. The predicted octanol–water partition coefficient (Wildman–Crippen LogP) is 2.96. The Balaban J connectivity index is 1.76. The maximum absolute atomic E-state index is 13.1. The molecule has 1 aliphatic rings. The van der Waals surface area contributed by atoms with Crippen LogP contribution in [0.5, 0.6) is 5.75 Å². The quantitative estimate of drug-likeness (QED) is 0.492. The zero-order valence-corrected chi connectivity index (χ0v) is 19.0. The van der Waals surface area contributed by atoms with Crippen LogP contribution in [0, 0.1) is 0 Å². The number of ether oxygens (including phenoxy) is 1. The van der Waals surface area contributed by atoms with Gasteiger partial charge in [0.1, 0.15) is 5.75 Å². The van der Waals surface area contributed by atoms with Crippen molar-refractivity contribution >= 4 is 23.3 Å². The van der Waals surface area contributed by atoms with Crippen molar-refractivity contribution in [3.8, 4) is 5.75 Å². The van der Waals surface area contributed by atoms with Crippen LogP contribution in [-0.2, 0) is 11.2 Å². The second-order valence-corrected chi connectivity index (χ2v) is 8.49. The Morgan fingerprint density at radius 2 is 1.75 bits per heavy atom. The lowest BCUT2D eigenvalue weighted by molar-refractivity contribution is -0.118. The summed E-state index contributed by atoms with van der Waals surface area (Å²) in [6.07, 6.45) is 0.926. The monoisotopic (exact) mass is 435 g/mol. The molecule has 2 aromatic carbocycles. The Morgan fingerprint density at radius 3 is 2.47 bits per heavy atom. The fourth-order valence-electron chi connectivity index (χ4n) is 3.78. The van der Waals surface area contributed by atoms with E-state index < -0.39 is 0 Å². The van der Waals surface area contributed by atoms with Gasteiger partial charge in [0, 0.05) is 36.7 Å². The number of nitrogens with one attached hydrogen (secondary N) is 2. The first kappa shape index (κ1) is 23.2. The fourth-order valence-corrected chi connectivity index (χ4v) is 3.78. The molecule has 7 nitrogen and oxygen atoms in total. The Hall–Kier alpha value is -3.48. The minimum absolute atomic E-state index is 0.108. The molecule has 2 amide bonds. The summed E-state index contributed by atoms with van der Waals surface area (Å²) in [5.41, 5.74) is 3.35. The van der Waals surface area contributed by atoms with E-state index in [-0.39, 0.29) is 29.6 Å². The molecule has 0 radical (unpaired) electrons. The Kier molecular flexibility index (Phi) is 7.08. The molecule has 0 bridgehead atoms. The third-order valence-electron chi connectivity index (χ3n) is 5.25. The van der Waals surface area contributed by atoms with Gasteiger partial charge in [-0.25, -0.2) is 0 Å². The van der Waals surface area contributed by atoms with Crippen molar-refractivity contribution in [2.75, 3.05) is 20.2 Å². The molecule has 2 aromatic rings. The van der Waals surface area contributed by atoms with E-state index in [1.165, 1.54) is 6.92 Å². The highest BCUT2D eigenvalue weighted by Gasteiger charge is 2.28. The number of fused-ring (bicyclic) bond motifs is 1. The third-order valence-corrected chi connectivity index (χ3v) is 5.25. The Bertz CT molecular complexity index is 1070. The van der Waals surface area contributed by atoms with Crippen LogP contribution in [0.15, 0.2) is 47.5 Å². The van der Waals surface area contributed by atoms with Gasteiger partial charge in [0.2, 0.25) is 5.91 Å². The lowest BCUT2D eigenvalue weighted by atomic mass is 9.85. The van der Waals surface area contributed by atoms with Crippen LogP contribution < -0.4 is 15.4 Å². The van der Waals surface area contributed by atoms with Gasteiger partial charge >= 0.3 is 0 Å². The third kappa shape index (κ3) is 5.81. The van der Waals surface area contributed by atoms with Gasteiger partial charge < -0.3 is 15.4 Å². The van der Waals surface area contributed by atoms with Crippen LogP contribution in [0.4, 0.5) is 0 Å². The average Bonchev–Trinajstić information content (AvgIpc) is 2.75. The minimum atomic E-state index is -0.299. The van der Waals surface area contributed by atoms with E-state index in [1.807, 2.05) is 18.2 Å². The van der Waals surface area contributed by atoms with Crippen molar-refractivity contribution in [2.24, 2.45) is 4.99 Å². The minimum Gasteiger partial charge on any atom is -0.497 e. The molecule has 1 heterocycles. The zero-order valence-electron chi connectivity index (χ0n) is 19.0. The normalized spacial score (nSPS) is 14.1. The van der Waals surface area contributed by atoms with Crippen molar-refractivity contribution in [1.29, 1.82) is 0 Å². The molecule has 0 unspecified atom stereocenters. The van der Waals surface area contributed by atoms with E-state index in [1.54, 1.807) is 31.4 Å². The van der Waals surface area contributed by atoms with Crippen molar-refractivity contribution in [1.82, 2.24) is 10.6 Å². The number of ketones is 1. The maximum Gasteiger partial charge on any atom is 0.251 e. The summed E-state index contributed by atoms with van der Waals surface area (Å²) in [7, 11) is 1.61. The number of benzene rings is 2. The second kappa shape index (κ2) is 9.77. The number of methoxy groups -OCH3 is 1. The number of carbonyl (C=O) groups excluding carboxylic acids is 3. The number of hydrogen-bond acceptors (Lipinski definition) is 5. The smallest absolute Gasteiger partial charge is 0.251 e. The van der Waals surface area contributed by atoms with Gasteiger partial charge in [0.25, 0.3) is 5.91 Å². The van der Waals surface area contributed by atoms with E-state index in [0.717, 1.165) is 29.0 Å². The standard InChI is InChI=1S/C25H29N3O4/c1-16(29)26-10-11-27-24(31)18-7-5-6-17(12-18)23(30)14-22-21-13-20(32-4)9-8-19(21)15-25(2,3)28-22/h5-9,12-13H,10-11,14-15H2,1-4H3,(H,26,29)(H,27,31). The molecular formula is C25H29N3O4. The summed E-state index contributed by atoms with van der Waals surface area (Å²) in [5, 5.41) is 5.36. The van der Waals surface area contributed by atoms with E-state index in [0.29, 0.717) is 24.2 Å². The molecule has 3 rings (SSSR count). The highest BCUT2D eigenvalue weighted by molar-refractivity contribution is 6.17. The van der Waals surface area contributed by atoms with Gasteiger partial charge in [0.05, 0.1) is 24.8 Å². The van der Waals surface area contributed by atoms with Crippen molar-refractivity contribution < 1.29 is 19.1 Å². The molecule has 168 valence electrons. The van der Waals surface area contributed by atoms with E-state index >= 15 is 0 Å². The van der Waals surface area contributed by atoms with Gasteiger partial charge in [-0.2, -0.15) is 0 Å². The van der Waals surface area contributed by atoms with Crippen LogP contribution in [0.3, 0.4) is 0 Å². The van der Waals surface area contributed by atoms with E-state index in [2.05, 4.69) is 24.5 Å². The summed E-state index contributed by atoms with van der Waals surface area (Å²) in [6.45, 7) is 6.18. The lowest BCUT2D eigenvalue weighted by Crippen LogP contribution is -2.33. The summed E-state index contributed by atoms with van der Waals surface area (Å²) in [4.78, 5) is 41.3. The SMILES string of the molecule is COc1ccc2c(c1)C(CC(=O)c1cccc(C(=O)NCCNC(C)=O)c1)=NC(C)(C)C2. The molecule has 1 aliphatic heterocycles. The first-order chi connectivity index (χ1) is 15.2. The highest BCUT2D eigenvalue weighted by Crippen LogP contribution is 2.31. The molecule has 2 N–H and O–H groups in total. The van der Waals surface area contributed by atoms with Crippen LogP contribution in [0.2, 0.25) is 0 Å². The van der Waals surface area contributed by atoms with Gasteiger partial charge in [-0.15, -0.1) is 0 Å². The molecule has 0 atom stereocenters. The van der Waals surface area contributed by atoms with Crippen LogP contribution in [0.25, 0.3) is 0 Å². The number of hydrogen-bond donors (Lipinski definition) is 2. The lowest BCUT2D eigenvalue weighted by Gasteiger charge is -2.29. The first-order valence-corrected chi connectivity index (χ1v) is 10.6. The largest absolute Gasteiger partial charge is 0.497 e. The van der Waals surface area contributed by atoms with Gasteiger partial charge in [-0.1, -0.05) is 18.2 Å². The number of amides is 2. The number of Topliss-reactive ketones (excluding diaryl/α,β-unsaturated/α-hetero) is 1. The molecule has 0 saturated carbocycles. The first-order valence-electron chi connectivity index (χ1n) is 10.6. The zero-order chi connectivity index (χ0) is 23.3. The number of rotatable bonds is 8. The molecule has 0 aliphatic carbocycles. The molecule has 32 heavy (non-hydrogen) atoms. The number of aliphatic imine (C=N–C) groups is 1. The van der Waals surface area contributed by atoms with Gasteiger partial charge in [-0.05, 0) is 50.1 Å². The second-order valence-electron chi connectivity index (χ2n) is 8.49. The van der Waals surface area contributed by atoms with E-state index in [4.69, 9.17) is 9.73 Å². The average molecular weight is 436 g/mol. The molecular weight excluding hydrogens is 406 g/mol. The topological polar surface area (TPSA) is 96.9 Å². The molecule has 7 heteroatoms. The van der Waals surface area contributed by atoms with Crippen LogP contribution in [0.1, 0.15) is 59.0 Å². The predicted molar refractivity (Wildman–Crippen MR) is 124 cm³/mol. The number of carbonyl (C=O) groups is 3. The summed E-state index contributed by atoms with van der Waals surface area (Å²) in [5.74, 6) is 0.167. The summed E-state index contributed by atoms with van der Waals surface area (Å²) >= 11 is 0. The number of nitrogens with zero attached hydrogens (tertiary/aromatic N) is 1. The van der Waals surface area contributed by atoms with Gasteiger partial charge in [0.15, 0.2) is 5.78 Å². The molecule has 0 saturated heterocycles.